The lowest BCUT2D eigenvalue weighted by Crippen LogP contribution is -2.53. The van der Waals surface area contributed by atoms with Gasteiger partial charge in [-0.2, -0.15) is 0 Å². The molecule has 4 heteroatoms. The van der Waals surface area contributed by atoms with Gasteiger partial charge in [0, 0.05) is 12.1 Å². The Morgan fingerprint density at radius 2 is 1.90 bits per heavy atom. The molecule has 1 N–H and O–H groups in total. The van der Waals surface area contributed by atoms with Gasteiger partial charge in [-0.15, -0.1) is 0 Å². The molecule has 0 aromatic heterocycles. The molecule has 0 aliphatic heterocycles. The molecule has 0 amide bonds. The highest BCUT2D eigenvalue weighted by Crippen LogP contribution is 2.17. The summed E-state index contributed by atoms with van der Waals surface area (Å²) in [7, 11) is 3.65. The fourth-order valence-electron chi connectivity index (χ4n) is 2.79. The van der Waals surface area contributed by atoms with Crippen molar-refractivity contribution in [2.24, 2.45) is 0 Å². The molecule has 0 saturated heterocycles. The fourth-order valence-corrected chi connectivity index (χ4v) is 2.79. The van der Waals surface area contributed by atoms with E-state index in [2.05, 4.69) is 45.0 Å². The predicted octanol–water partition coefficient (Wildman–Crippen LogP) is 3.21. The summed E-state index contributed by atoms with van der Waals surface area (Å²) in [5.41, 5.74) is -0.573. The van der Waals surface area contributed by atoms with E-state index >= 15 is 0 Å². The maximum absolute atomic E-state index is 12.0. The van der Waals surface area contributed by atoms with E-state index in [1.807, 2.05) is 6.92 Å². The standard InChI is InChI=1S/C17H36N2O2/c1-8-11-15(4)19(6)13-10-9-12-17(5,16(20)21-7)18-14(2)3/h14-15,18H,8-13H2,1-7H3. The van der Waals surface area contributed by atoms with Gasteiger partial charge in [0.25, 0.3) is 0 Å². The Kier molecular flexibility index (Phi) is 9.88. The number of esters is 1. The van der Waals surface area contributed by atoms with Crippen molar-refractivity contribution in [2.75, 3.05) is 20.7 Å². The van der Waals surface area contributed by atoms with E-state index < -0.39 is 5.54 Å². The number of hydrogen-bond acceptors (Lipinski definition) is 4. The molecular formula is C17H36N2O2. The molecule has 0 saturated carbocycles. The predicted molar refractivity (Wildman–Crippen MR) is 89.5 cm³/mol. The molecule has 0 rings (SSSR count). The van der Waals surface area contributed by atoms with Gasteiger partial charge >= 0.3 is 5.97 Å². The number of nitrogens with zero attached hydrogens (tertiary/aromatic N) is 1. The van der Waals surface area contributed by atoms with Crippen LogP contribution in [0.15, 0.2) is 0 Å². The lowest BCUT2D eigenvalue weighted by molar-refractivity contribution is -0.148. The second-order valence-corrected chi connectivity index (χ2v) is 6.70. The van der Waals surface area contributed by atoms with Crippen molar-refractivity contribution in [3.05, 3.63) is 0 Å². The van der Waals surface area contributed by atoms with Crippen molar-refractivity contribution in [2.45, 2.75) is 84.3 Å². The molecule has 0 aliphatic carbocycles. The molecule has 0 bridgehead atoms. The maximum Gasteiger partial charge on any atom is 0.325 e. The van der Waals surface area contributed by atoms with E-state index in [-0.39, 0.29) is 12.0 Å². The van der Waals surface area contributed by atoms with Gasteiger partial charge in [-0.1, -0.05) is 13.3 Å². The van der Waals surface area contributed by atoms with Crippen LogP contribution in [0.5, 0.6) is 0 Å². The van der Waals surface area contributed by atoms with Crippen LogP contribution >= 0.6 is 0 Å². The van der Waals surface area contributed by atoms with Crippen LogP contribution in [-0.2, 0) is 9.53 Å². The Bertz CT molecular complexity index is 295. The molecular weight excluding hydrogens is 264 g/mol. The summed E-state index contributed by atoms with van der Waals surface area (Å²) in [5.74, 6) is -0.163. The Morgan fingerprint density at radius 1 is 1.29 bits per heavy atom. The number of rotatable bonds is 11. The molecule has 4 nitrogen and oxygen atoms in total. The van der Waals surface area contributed by atoms with Crippen LogP contribution in [0.3, 0.4) is 0 Å². The molecule has 21 heavy (non-hydrogen) atoms. The SMILES string of the molecule is CCCC(C)N(C)CCCCC(C)(NC(C)C)C(=O)OC. The van der Waals surface area contributed by atoms with Crippen molar-refractivity contribution >= 4 is 5.97 Å². The van der Waals surface area contributed by atoms with Crippen molar-refractivity contribution in [3.8, 4) is 0 Å². The third-order valence-corrected chi connectivity index (χ3v) is 4.14. The Hall–Kier alpha value is -0.610. The Morgan fingerprint density at radius 3 is 2.38 bits per heavy atom. The molecule has 0 aliphatic rings. The zero-order chi connectivity index (χ0) is 16.5. The average Bonchev–Trinajstić information content (AvgIpc) is 2.41. The Balaban J connectivity index is 4.23. The highest BCUT2D eigenvalue weighted by Gasteiger charge is 2.34. The third-order valence-electron chi connectivity index (χ3n) is 4.14. The van der Waals surface area contributed by atoms with E-state index in [0.717, 1.165) is 25.8 Å². The molecule has 0 aromatic carbocycles. The van der Waals surface area contributed by atoms with Crippen molar-refractivity contribution in [3.63, 3.8) is 0 Å². The van der Waals surface area contributed by atoms with Crippen LogP contribution in [0.25, 0.3) is 0 Å². The molecule has 0 heterocycles. The highest BCUT2D eigenvalue weighted by molar-refractivity contribution is 5.80. The molecule has 0 radical (unpaired) electrons. The largest absolute Gasteiger partial charge is 0.468 e. The van der Waals surface area contributed by atoms with Crippen LogP contribution < -0.4 is 5.32 Å². The molecule has 0 aromatic rings. The van der Waals surface area contributed by atoms with E-state index in [1.54, 1.807) is 0 Å². The van der Waals surface area contributed by atoms with Crippen molar-refractivity contribution in [1.82, 2.24) is 10.2 Å². The topological polar surface area (TPSA) is 41.6 Å². The monoisotopic (exact) mass is 300 g/mol. The van der Waals surface area contributed by atoms with Crippen LogP contribution in [0, 0.1) is 0 Å². The van der Waals surface area contributed by atoms with Gasteiger partial charge in [-0.05, 0) is 67.0 Å². The first kappa shape index (κ1) is 20.4. The minimum absolute atomic E-state index is 0.163. The van der Waals surface area contributed by atoms with E-state index in [4.69, 9.17) is 4.74 Å². The maximum atomic E-state index is 12.0. The van der Waals surface area contributed by atoms with Crippen LogP contribution in [0.1, 0.15) is 66.7 Å². The van der Waals surface area contributed by atoms with E-state index in [1.165, 1.54) is 20.0 Å². The minimum Gasteiger partial charge on any atom is -0.468 e. The van der Waals surface area contributed by atoms with Crippen LogP contribution in [0.2, 0.25) is 0 Å². The number of ether oxygens (including phenoxy) is 1. The second kappa shape index (κ2) is 10.2. The van der Waals surface area contributed by atoms with Gasteiger partial charge in [-0.25, -0.2) is 0 Å². The van der Waals surface area contributed by atoms with Gasteiger partial charge in [0.05, 0.1) is 7.11 Å². The van der Waals surface area contributed by atoms with Gasteiger partial charge in [-0.3, -0.25) is 10.1 Å². The number of unbranched alkanes of at least 4 members (excludes halogenated alkanes) is 1. The lowest BCUT2D eigenvalue weighted by atomic mass is 9.93. The number of carbonyl (C=O) groups excluding carboxylic acids is 1. The molecule has 2 unspecified atom stereocenters. The van der Waals surface area contributed by atoms with Gasteiger partial charge in [0.2, 0.25) is 0 Å². The molecule has 0 fully saturated rings. The summed E-state index contributed by atoms with van der Waals surface area (Å²) >= 11 is 0. The zero-order valence-corrected chi connectivity index (χ0v) is 15.2. The first-order valence-electron chi connectivity index (χ1n) is 8.33. The summed E-state index contributed by atoms with van der Waals surface area (Å²) in [6.07, 6.45) is 5.41. The van der Waals surface area contributed by atoms with Crippen LogP contribution in [0.4, 0.5) is 0 Å². The quantitative estimate of drug-likeness (QED) is 0.470. The third kappa shape index (κ3) is 7.82. The van der Waals surface area contributed by atoms with Gasteiger partial charge in [0.1, 0.15) is 5.54 Å². The van der Waals surface area contributed by atoms with Crippen molar-refractivity contribution in [1.29, 1.82) is 0 Å². The molecule has 126 valence electrons. The average molecular weight is 300 g/mol. The first-order valence-corrected chi connectivity index (χ1v) is 8.33. The summed E-state index contributed by atoms with van der Waals surface area (Å²) in [6, 6.07) is 0.900. The number of methoxy groups -OCH3 is 1. The lowest BCUT2D eigenvalue weighted by Gasteiger charge is -2.31. The smallest absolute Gasteiger partial charge is 0.325 e. The molecule has 2 atom stereocenters. The highest BCUT2D eigenvalue weighted by atomic mass is 16.5. The van der Waals surface area contributed by atoms with E-state index in [0.29, 0.717) is 6.04 Å². The van der Waals surface area contributed by atoms with Gasteiger partial charge in [0.15, 0.2) is 0 Å². The number of nitrogens with one attached hydrogen (secondary N) is 1. The number of carbonyl (C=O) groups is 1. The normalized spacial score (nSPS) is 16.0. The molecule has 0 spiro atoms. The summed E-state index contributed by atoms with van der Waals surface area (Å²) in [6.45, 7) is 11.7. The summed E-state index contributed by atoms with van der Waals surface area (Å²) < 4.78 is 4.95. The number of hydrogen-bond donors (Lipinski definition) is 1. The van der Waals surface area contributed by atoms with Gasteiger partial charge < -0.3 is 9.64 Å². The fraction of sp³-hybridized carbons (Fsp3) is 0.941. The van der Waals surface area contributed by atoms with Crippen LogP contribution in [-0.4, -0.2) is 49.2 Å². The van der Waals surface area contributed by atoms with E-state index in [9.17, 15) is 4.79 Å². The minimum atomic E-state index is -0.573. The van der Waals surface area contributed by atoms with Crippen molar-refractivity contribution < 1.29 is 9.53 Å². The second-order valence-electron chi connectivity index (χ2n) is 6.70. The zero-order valence-electron chi connectivity index (χ0n) is 15.2. The summed E-state index contributed by atoms with van der Waals surface area (Å²) in [4.78, 5) is 14.4. The summed E-state index contributed by atoms with van der Waals surface area (Å²) in [5, 5.41) is 3.35. The first-order chi connectivity index (χ1) is 9.76. The Labute approximate surface area is 131 Å².